The third-order valence-corrected chi connectivity index (χ3v) is 4.56. The average molecular weight is 269 g/mol. The van der Waals surface area contributed by atoms with Crippen LogP contribution in [0.2, 0.25) is 5.02 Å². The molecule has 0 saturated carbocycles. The molecular weight excluding hydrogens is 248 g/mol. The maximum Gasteiger partial charge on any atom is 0.139 e. The molecule has 18 heavy (non-hydrogen) atoms. The monoisotopic (exact) mass is 268 g/mol. The van der Waals surface area contributed by atoms with Gasteiger partial charge in [-0.25, -0.2) is 0 Å². The van der Waals surface area contributed by atoms with E-state index in [1.54, 1.807) is 0 Å². The van der Waals surface area contributed by atoms with Crippen LogP contribution in [0.15, 0.2) is 6.07 Å². The smallest absolute Gasteiger partial charge is 0.139 e. The Morgan fingerprint density at radius 1 is 1.50 bits per heavy atom. The van der Waals surface area contributed by atoms with Crippen LogP contribution in [0, 0.1) is 19.8 Å². The maximum atomic E-state index is 10.3. The summed E-state index contributed by atoms with van der Waals surface area (Å²) in [6.07, 6.45) is 0.986. The number of phenolic OH excluding ortho intramolecular Hbond substituents is 1. The Morgan fingerprint density at radius 3 is 2.72 bits per heavy atom. The zero-order valence-corrected chi connectivity index (χ0v) is 12.0. The number of nitrogens with two attached hydrogens (primary N) is 1. The second kappa shape index (κ2) is 5.08. The van der Waals surface area contributed by atoms with Gasteiger partial charge in [0, 0.05) is 18.2 Å². The number of nitrogens with zero attached hydrogens (tertiary/aromatic N) is 1. The summed E-state index contributed by atoms with van der Waals surface area (Å²) in [6, 6.07) is 2.27. The maximum absolute atomic E-state index is 10.3. The van der Waals surface area contributed by atoms with Crippen molar-refractivity contribution in [2.75, 3.05) is 20.1 Å². The van der Waals surface area contributed by atoms with Crippen molar-refractivity contribution >= 4 is 11.6 Å². The standard InChI is InChI=1S/C14H21ClN2O/c1-8-4-11(14(18)13(15)9(8)2)12-5-10(6-16)7-17(12)3/h4,10,12,18H,5-7,16H2,1-3H3. The lowest BCUT2D eigenvalue weighted by Crippen LogP contribution is -2.20. The minimum absolute atomic E-state index is 0.218. The van der Waals surface area contributed by atoms with Gasteiger partial charge < -0.3 is 10.8 Å². The van der Waals surface area contributed by atoms with Gasteiger partial charge in [-0.05, 0) is 50.9 Å². The number of hydrogen-bond acceptors (Lipinski definition) is 3. The lowest BCUT2D eigenvalue weighted by Gasteiger charge is -2.22. The molecule has 0 radical (unpaired) electrons. The Labute approximate surface area is 114 Å². The third-order valence-electron chi connectivity index (χ3n) is 4.10. The van der Waals surface area contributed by atoms with Gasteiger partial charge in [-0.2, -0.15) is 0 Å². The zero-order chi connectivity index (χ0) is 13.4. The number of aromatic hydroxyl groups is 1. The van der Waals surface area contributed by atoms with Gasteiger partial charge in [-0.15, -0.1) is 0 Å². The van der Waals surface area contributed by atoms with Crippen LogP contribution in [0.3, 0.4) is 0 Å². The van der Waals surface area contributed by atoms with Crippen molar-refractivity contribution in [1.82, 2.24) is 4.90 Å². The van der Waals surface area contributed by atoms with Crippen LogP contribution >= 0.6 is 11.6 Å². The van der Waals surface area contributed by atoms with Gasteiger partial charge in [0.1, 0.15) is 5.75 Å². The Kier molecular flexibility index (Phi) is 3.85. The predicted octanol–water partition coefficient (Wildman–Crippen LogP) is 2.61. The second-order valence-corrected chi connectivity index (χ2v) is 5.74. The second-order valence-electron chi connectivity index (χ2n) is 5.36. The molecule has 0 spiro atoms. The van der Waals surface area contributed by atoms with E-state index in [1.165, 1.54) is 0 Å². The SMILES string of the molecule is Cc1cc(C2CC(CN)CN2C)c(O)c(Cl)c1C. The van der Waals surface area contributed by atoms with E-state index in [9.17, 15) is 5.11 Å². The van der Waals surface area contributed by atoms with Crippen LogP contribution in [0.1, 0.15) is 29.2 Å². The van der Waals surface area contributed by atoms with Crippen LogP contribution in [0.5, 0.6) is 5.75 Å². The van der Waals surface area contributed by atoms with E-state index in [2.05, 4.69) is 18.0 Å². The molecule has 0 aliphatic carbocycles. The molecule has 1 aliphatic rings. The average Bonchev–Trinajstić information content (AvgIpc) is 2.72. The van der Waals surface area contributed by atoms with Crippen molar-refractivity contribution in [3.8, 4) is 5.75 Å². The number of halogens is 1. The van der Waals surface area contributed by atoms with Crippen molar-refractivity contribution in [3.05, 3.63) is 27.8 Å². The number of aryl methyl sites for hydroxylation is 1. The van der Waals surface area contributed by atoms with Gasteiger partial charge in [0.2, 0.25) is 0 Å². The van der Waals surface area contributed by atoms with Gasteiger partial charge in [0.25, 0.3) is 0 Å². The number of hydrogen-bond donors (Lipinski definition) is 2. The summed E-state index contributed by atoms with van der Waals surface area (Å²) in [5.74, 6) is 0.731. The largest absolute Gasteiger partial charge is 0.506 e. The molecule has 100 valence electrons. The van der Waals surface area contributed by atoms with Crippen molar-refractivity contribution in [2.45, 2.75) is 26.3 Å². The molecular formula is C14H21ClN2O. The molecule has 2 rings (SSSR count). The molecule has 1 aromatic rings. The summed E-state index contributed by atoms with van der Waals surface area (Å²) in [4.78, 5) is 2.25. The zero-order valence-electron chi connectivity index (χ0n) is 11.2. The normalized spacial score (nSPS) is 24.7. The lowest BCUT2D eigenvalue weighted by molar-refractivity contribution is 0.305. The van der Waals surface area contributed by atoms with Crippen LogP contribution in [-0.4, -0.2) is 30.1 Å². The molecule has 0 bridgehead atoms. The van der Waals surface area contributed by atoms with Crippen molar-refractivity contribution in [2.24, 2.45) is 11.7 Å². The van der Waals surface area contributed by atoms with Gasteiger partial charge >= 0.3 is 0 Å². The molecule has 2 unspecified atom stereocenters. The van der Waals surface area contributed by atoms with Crippen LogP contribution in [0.25, 0.3) is 0 Å². The number of benzene rings is 1. The van der Waals surface area contributed by atoms with Crippen molar-refractivity contribution in [1.29, 1.82) is 0 Å². The minimum Gasteiger partial charge on any atom is -0.506 e. The van der Waals surface area contributed by atoms with Gasteiger partial charge in [0.15, 0.2) is 0 Å². The first-order chi connectivity index (χ1) is 8.45. The highest BCUT2D eigenvalue weighted by Gasteiger charge is 2.32. The topological polar surface area (TPSA) is 49.5 Å². The molecule has 3 nitrogen and oxygen atoms in total. The van der Waals surface area contributed by atoms with Gasteiger partial charge in [0.05, 0.1) is 5.02 Å². The molecule has 2 atom stereocenters. The van der Waals surface area contributed by atoms with Crippen molar-refractivity contribution in [3.63, 3.8) is 0 Å². The highest BCUT2D eigenvalue weighted by Crippen LogP contribution is 2.42. The fourth-order valence-corrected chi connectivity index (χ4v) is 3.04. The van der Waals surface area contributed by atoms with E-state index in [0.29, 0.717) is 17.5 Å². The Balaban J connectivity index is 2.40. The summed E-state index contributed by atoms with van der Waals surface area (Å²) in [5, 5.41) is 10.7. The summed E-state index contributed by atoms with van der Waals surface area (Å²) in [5.41, 5.74) is 8.75. The van der Waals surface area contributed by atoms with E-state index in [1.807, 2.05) is 13.8 Å². The third kappa shape index (κ3) is 2.22. The first-order valence-electron chi connectivity index (χ1n) is 6.34. The van der Waals surface area contributed by atoms with Gasteiger partial charge in [-0.3, -0.25) is 4.90 Å². The van der Waals surface area contributed by atoms with E-state index >= 15 is 0 Å². The highest BCUT2D eigenvalue weighted by atomic mass is 35.5. The van der Waals surface area contributed by atoms with E-state index in [0.717, 1.165) is 29.7 Å². The number of likely N-dealkylation sites (tertiary alicyclic amines) is 1. The molecule has 1 saturated heterocycles. The first kappa shape index (κ1) is 13.7. The Bertz CT molecular complexity index is 462. The van der Waals surface area contributed by atoms with Gasteiger partial charge in [-0.1, -0.05) is 17.7 Å². The highest BCUT2D eigenvalue weighted by molar-refractivity contribution is 6.33. The molecule has 3 N–H and O–H groups in total. The summed E-state index contributed by atoms with van der Waals surface area (Å²) >= 11 is 6.19. The number of rotatable bonds is 2. The molecule has 0 aromatic heterocycles. The van der Waals surface area contributed by atoms with E-state index < -0.39 is 0 Å². The molecule has 1 aromatic carbocycles. The number of phenols is 1. The molecule has 4 heteroatoms. The first-order valence-corrected chi connectivity index (χ1v) is 6.72. The summed E-state index contributed by atoms with van der Waals surface area (Å²) < 4.78 is 0. The van der Waals surface area contributed by atoms with Crippen LogP contribution in [-0.2, 0) is 0 Å². The summed E-state index contributed by atoms with van der Waals surface area (Å²) in [6.45, 7) is 5.63. The van der Waals surface area contributed by atoms with Crippen LogP contribution in [0.4, 0.5) is 0 Å². The Morgan fingerprint density at radius 2 is 2.17 bits per heavy atom. The predicted molar refractivity (Wildman–Crippen MR) is 75.1 cm³/mol. The lowest BCUT2D eigenvalue weighted by atomic mass is 9.95. The molecule has 1 heterocycles. The molecule has 1 fully saturated rings. The minimum atomic E-state index is 0.218. The fraction of sp³-hybridized carbons (Fsp3) is 0.571. The molecule has 1 aliphatic heterocycles. The summed E-state index contributed by atoms with van der Waals surface area (Å²) in [7, 11) is 2.07. The fourth-order valence-electron chi connectivity index (χ4n) is 2.78. The molecule has 0 amide bonds. The van der Waals surface area contributed by atoms with E-state index in [4.69, 9.17) is 17.3 Å². The quantitative estimate of drug-likeness (QED) is 0.867. The van der Waals surface area contributed by atoms with Crippen molar-refractivity contribution < 1.29 is 5.11 Å². The van der Waals surface area contributed by atoms with E-state index in [-0.39, 0.29) is 11.8 Å². The Hall–Kier alpha value is -0.770. The van der Waals surface area contributed by atoms with Crippen LogP contribution < -0.4 is 5.73 Å².